The molecule has 3 aromatic carbocycles. The highest BCUT2D eigenvalue weighted by molar-refractivity contribution is 7.80. The van der Waals surface area contributed by atoms with Gasteiger partial charge in [0.05, 0.1) is 5.69 Å². The van der Waals surface area contributed by atoms with Crippen molar-refractivity contribution in [2.45, 2.75) is 26.2 Å². The molecule has 0 aliphatic carbocycles. The highest BCUT2D eigenvalue weighted by atomic mass is 32.1. The molecule has 1 unspecified atom stereocenters. The van der Waals surface area contributed by atoms with Crippen molar-refractivity contribution in [1.82, 2.24) is 5.32 Å². The Balaban J connectivity index is 1.55. The zero-order valence-electron chi connectivity index (χ0n) is 16.4. The zero-order chi connectivity index (χ0) is 20.8. The molecule has 0 spiro atoms. The van der Waals surface area contributed by atoms with Gasteiger partial charge in [0.2, 0.25) is 0 Å². The number of carbonyl (C=O) groups is 1. The Kier molecular flexibility index (Phi) is 6.67. The van der Waals surface area contributed by atoms with Crippen LogP contribution in [0.4, 0.5) is 5.69 Å². The number of hydrogen-bond acceptors (Lipinski definition) is 4. The van der Waals surface area contributed by atoms with E-state index in [4.69, 9.17) is 17.0 Å². The first-order chi connectivity index (χ1) is 14.0. The van der Waals surface area contributed by atoms with Crippen LogP contribution < -0.4 is 15.4 Å². The lowest BCUT2D eigenvalue weighted by molar-refractivity contribution is -0.121. The summed E-state index contributed by atoms with van der Waals surface area (Å²) in [5, 5.41) is 17.8. The summed E-state index contributed by atoms with van der Waals surface area (Å²) in [6.45, 7) is 4.05. The summed E-state index contributed by atoms with van der Waals surface area (Å²) in [6, 6.07) is 18.9. The van der Waals surface area contributed by atoms with Crippen LogP contribution in [0, 0.1) is 0 Å². The van der Waals surface area contributed by atoms with Gasteiger partial charge in [0.25, 0.3) is 5.91 Å². The number of nitrogens with one attached hydrogen (secondary N) is 2. The molecular formula is C23H24N2O3S. The van der Waals surface area contributed by atoms with Crippen LogP contribution in [0.25, 0.3) is 10.8 Å². The first-order valence-corrected chi connectivity index (χ1v) is 9.92. The van der Waals surface area contributed by atoms with E-state index in [0.717, 1.165) is 22.8 Å². The molecule has 0 aliphatic rings. The van der Waals surface area contributed by atoms with Crippen molar-refractivity contribution in [3.05, 3.63) is 66.2 Å². The van der Waals surface area contributed by atoms with Crippen LogP contribution in [0.2, 0.25) is 0 Å². The van der Waals surface area contributed by atoms with E-state index in [1.807, 2.05) is 54.6 Å². The molecule has 5 nitrogen and oxygen atoms in total. The quantitative estimate of drug-likeness (QED) is 0.398. The minimum absolute atomic E-state index is 0.0704. The summed E-state index contributed by atoms with van der Waals surface area (Å²) in [7, 11) is 0. The van der Waals surface area contributed by atoms with Crippen molar-refractivity contribution >= 4 is 39.7 Å². The summed E-state index contributed by atoms with van der Waals surface area (Å²) < 4.78 is 5.57. The van der Waals surface area contributed by atoms with Gasteiger partial charge < -0.3 is 15.2 Å². The van der Waals surface area contributed by atoms with Crippen LogP contribution in [0.3, 0.4) is 0 Å². The summed E-state index contributed by atoms with van der Waals surface area (Å²) in [5.74, 6) is 0.653. The molecule has 3 N–H and O–H groups in total. The molecular weight excluding hydrogens is 384 g/mol. The third kappa shape index (κ3) is 5.45. The average molecular weight is 409 g/mol. The number of rotatable bonds is 6. The molecule has 0 aliphatic heterocycles. The molecule has 1 amide bonds. The minimum Gasteiger partial charge on any atom is -0.506 e. The normalized spacial score (nSPS) is 11.7. The van der Waals surface area contributed by atoms with Crippen LogP contribution in [-0.4, -0.2) is 22.7 Å². The predicted molar refractivity (Wildman–Crippen MR) is 121 cm³/mol. The van der Waals surface area contributed by atoms with Gasteiger partial charge in [-0.1, -0.05) is 50.2 Å². The molecule has 0 radical (unpaired) electrons. The second-order valence-electron chi connectivity index (χ2n) is 6.89. The Hall–Kier alpha value is -3.12. The van der Waals surface area contributed by atoms with E-state index in [0.29, 0.717) is 17.4 Å². The molecule has 0 saturated carbocycles. The first kappa shape index (κ1) is 20.6. The molecule has 3 aromatic rings. The molecule has 0 fully saturated rings. The third-order valence-corrected chi connectivity index (χ3v) is 5.00. The number of hydrogen-bond donors (Lipinski definition) is 3. The Bertz CT molecular complexity index is 1040. The maximum absolute atomic E-state index is 12.2. The van der Waals surface area contributed by atoms with E-state index in [2.05, 4.69) is 24.5 Å². The van der Waals surface area contributed by atoms with Gasteiger partial charge in [-0.2, -0.15) is 0 Å². The van der Waals surface area contributed by atoms with E-state index in [-0.39, 0.29) is 23.4 Å². The van der Waals surface area contributed by atoms with E-state index in [1.54, 1.807) is 6.07 Å². The summed E-state index contributed by atoms with van der Waals surface area (Å²) in [6.07, 6.45) is 0.984. The number of benzene rings is 3. The Morgan fingerprint density at radius 1 is 1.10 bits per heavy atom. The van der Waals surface area contributed by atoms with Crippen molar-refractivity contribution < 1.29 is 14.6 Å². The van der Waals surface area contributed by atoms with E-state index < -0.39 is 0 Å². The van der Waals surface area contributed by atoms with Gasteiger partial charge in [-0.05, 0) is 65.2 Å². The highest BCUT2D eigenvalue weighted by Gasteiger charge is 2.11. The number of fused-ring (bicyclic) bond motifs is 1. The molecule has 3 rings (SSSR count). The molecule has 0 saturated heterocycles. The van der Waals surface area contributed by atoms with Gasteiger partial charge in [0.1, 0.15) is 11.5 Å². The topological polar surface area (TPSA) is 70.6 Å². The molecule has 6 heteroatoms. The number of ether oxygens (including phenoxy) is 1. The maximum Gasteiger partial charge on any atom is 0.264 e. The molecule has 29 heavy (non-hydrogen) atoms. The number of aromatic hydroxyl groups is 1. The van der Waals surface area contributed by atoms with Crippen LogP contribution >= 0.6 is 12.2 Å². The van der Waals surface area contributed by atoms with Crippen LogP contribution in [-0.2, 0) is 4.79 Å². The fourth-order valence-corrected chi connectivity index (χ4v) is 3.14. The van der Waals surface area contributed by atoms with Gasteiger partial charge >= 0.3 is 0 Å². The standard InChI is InChI=1S/C23H24N2O3S/c1-3-15(2)17-9-11-21(26)20(13-17)24-23(29)25-22(27)14-28-19-10-8-16-6-4-5-7-18(16)12-19/h4-13,15,26H,3,14H2,1-2H3,(H2,24,25,27,29). The lowest BCUT2D eigenvalue weighted by atomic mass is 9.98. The van der Waals surface area contributed by atoms with E-state index in [1.165, 1.54) is 0 Å². The molecule has 0 aromatic heterocycles. The lowest BCUT2D eigenvalue weighted by Gasteiger charge is -2.15. The second kappa shape index (κ2) is 9.39. The van der Waals surface area contributed by atoms with Crippen molar-refractivity contribution in [2.75, 3.05) is 11.9 Å². The van der Waals surface area contributed by atoms with Gasteiger partial charge in [0.15, 0.2) is 11.7 Å². The number of thiocarbonyl (C=S) groups is 1. The van der Waals surface area contributed by atoms with Crippen LogP contribution in [0.15, 0.2) is 60.7 Å². The number of anilines is 1. The van der Waals surface area contributed by atoms with E-state index in [9.17, 15) is 9.90 Å². The van der Waals surface area contributed by atoms with Gasteiger partial charge in [-0.25, -0.2) is 0 Å². The Morgan fingerprint density at radius 3 is 2.62 bits per heavy atom. The number of phenolic OH excluding ortho intramolecular Hbond substituents is 1. The maximum atomic E-state index is 12.2. The Labute approximate surface area is 175 Å². The smallest absolute Gasteiger partial charge is 0.264 e. The summed E-state index contributed by atoms with van der Waals surface area (Å²) in [5.41, 5.74) is 1.55. The second-order valence-corrected chi connectivity index (χ2v) is 7.29. The van der Waals surface area contributed by atoms with Crippen molar-refractivity contribution in [3.63, 3.8) is 0 Å². The molecule has 1 atom stereocenters. The van der Waals surface area contributed by atoms with Gasteiger partial charge in [-0.3, -0.25) is 10.1 Å². The minimum atomic E-state index is -0.381. The fourth-order valence-electron chi connectivity index (χ4n) is 2.92. The zero-order valence-corrected chi connectivity index (χ0v) is 17.3. The number of carbonyl (C=O) groups excluding carboxylic acids is 1. The molecule has 0 heterocycles. The van der Waals surface area contributed by atoms with Gasteiger partial charge in [0, 0.05) is 0 Å². The lowest BCUT2D eigenvalue weighted by Crippen LogP contribution is -2.37. The van der Waals surface area contributed by atoms with Crippen molar-refractivity contribution in [2.24, 2.45) is 0 Å². The molecule has 150 valence electrons. The number of amides is 1. The highest BCUT2D eigenvalue weighted by Crippen LogP contribution is 2.29. The SMILES string of the molecule is CCC(C)c1ccc(O)c(NC(=S)NC(=O)COc2ccc3ccccc3c2)c1. The van der Waals surface area contributed by atoms with E-state index >= 15 is 0 Å². The van der Waals surface area contributed by atoms with Crippen LogP contribution in [0.1, 0.15) is 31.7 Å². The van der Waals surface area contributed by atoms with Crippen molar-refractivity contribution in [3.8, 4) is 11.5 Å². The fraction of sp³-hybridized carbons (Fsp3) is 0.217. The Morgan fingerprint density at radius 2 is 1.86 bits per heavy atom. The third-order valence-electron chi connectivity index (χ3n) is 4.79. The number of phenols is 1. The summed E-state index contributed by atoms with van der Waals surface area (Å²) >= 11 is 5.19. The average Bonchev–Trinajstić information content (AvgIpc) is 2.73. The largest absolute Gasteiger partial charge is 0.506 e. The van der Waals surface area contributed by atoms with Gasteiger partial charge in [-0.15, -0.1) is 0 Å². The summed E-state index contributed by atoms with van der Waals surface area (Å²) in [4.78, 5) is 12.2. The van der Waals surface area contributed by atoms with Crippen molar-refractivity contribution in [1.29, 1.82) is 0 Å². The monoisotopic (exact) mass is 408 g/mol. The predicted octanol–water partition coefficient (Wildman–Crippen LogP) is 4.95. The molecule has 0 bridgehead atoms. The first-order valence-electron chi connectivity index (χ1n) is 9.51. The van der Waals surface area contributed by atoms with Crippen LogP contribution in [0.5, 0.6) is 11.5 Å².